The quantitative estimate of drug-likeness (QED) is 0.859. The molecule has 1 aliphatic rings. The molecule has 0 amide bonds. The number of nitrogens with one attached hydrogen (secondary N) is 1. The van der Waals surface area contributed by atoms with Gasteiger partial charge in [0.25, 0.3) is 0 Å². The molecular formula is C13H15FN2O2. The lowest BCUT2D eigenvalue weighted by molar-refractivity contribution is -0.0755. The summed E-state index contributed by atoms with van der Waals surface area (Å²) in [5, 5.41) is 12.2. The minimum Gasteiger partial charge on any atom is -0.496 e. The number of hydrogen-bond acceptors (Lipinski definition) is 4. The van der Waals surface area contributed by atoms with Crippen LogP contribution in [0.1, 0.15) is 5.56 Å². The average molecular weight is 250 g/mol. The number of nitriles is 1. The lowest BCUT2D eigenvalue weighted by atomic mass is 9.88. The van der Waals surface area contributed by atoms with Gasteiger partial charge in [-0.15, -0.1) is 0 Å². The normalized spacial score (nSPS) is 16.7. The van der Waals surface area contributed by atoms with Gasteiger partial charge in [0, 0.05) is 18.7 Å². The third kappa shape index (κ3) is 2.61. The van der Waals surface area contributed by atoms with Crippen LogP contribution in [0.4, 0.5) is 4.39 Å². The van der Waals surface area contributed by atoms with Crippen molar-refractivity contribution in [1.29, 1.82) is 5.26 Å². The predicted molar refractivity (Wildman–Crippen MR) is 63.5 cm³/mol. The highest BCUT2D eigenvalue weighted by Gasteiger charge is 2.38. The van der Waals surface area contributed by atoms with E-state index >= 15 is 0 Å². The van der Waals surface area contributed by atoms with E-state index in [9.17, 15) is 4.39 Å². The lowest BCUT2D eigenvalue weighted by Crippen LogP contribution is -2.48. The number of ether oxygens (including phenoxy) is 2. The van der Waals surface area contributed by atoms with Gasteiger partial charge in [0.15, 0.2) is 0 Å². The van der Waals surface area contributed by atoms with Gasteiger partial charge in [-0.2, -0.15) is 5.26 Å². The van der Waals surface area contributed by atoms with E-state index in [2.05, 4.69) is 11.4 Å². The second kappa shape index (κ2) is 5.34. The van der Waals surface area contributed by atoms with Gasteiger partial charge in [0.05, 0.1) is 26.4 Å². The Hall–Kier alpha value is -1.64. The third-order valence-electron chi connectivity index (χ3n) is 3.02. The van der Waals surface area contributed by atoms with E-state index in [1.807, 2.05) is 0 Å². The van der Waals surface area contributed by atoms with Gasteiger partial charge in [0.1, 0.15) is 17.0 Å². The van der Waals surface area contributed by atoms with Crippen molar-refractivity contribution in [2.45, 2.75) is 6.54 Å². The molecule has 2 rings (SSSR count). The minimum absolute atomic E-state index is 0.297. The first-order chi connectivity index (χ1) is 8.69. The molecule has 0 radical (unpaired) electrons. The van der Waals surface area contributed by atoms with Crippen molar-refractivity contribution in [2.24, 2.45) is 5.41 Å². The molecule has 96 valence electrons. The lowest BCUT2D eigenvalue weighted by Gasteiger charge is -2.35. The summed E-state index contributed by atoms with van der Waals surface area (Å²) in [6, 6.07) is 6.64. The van der Waals surface area contributed by atoms with Crippen LogP contribution < -0.4 is 10.1 Å². The van der Waals surface area contributed by atoms with E-state index in [1.54, 1.807) is 13.2 Å². The van der Waals surface area contributed by atoms with Crippen LogP contribution in [-0.4, -0.2) is 26.9 Å². The molecule has 1 heterocycles. The highest BCUT2D eigenvalue weighted by molar-refractivity contribution is 5.33. The largest absolute Gasteiger partial charge is 0.496 e. The Labute approximate surface area is 105 Å². The van der Waals surface area contributed by atoms with Gasteiger partial charge in [-0.3, -0.25) is 0 Å². The molecule has 5 heteroatoms. The molecule has 0 saturated carbocycles. The maximum Gasteiger partial charge on any atom is 0.123 e. The molecule has 1 aromatic carbocycles. The zero-order chi connectivity index (χ0) is 13.0. The molecule has 0 atom stereocenters. The highest BCUT2D eigenvalue weighted by atomic mass is 19.1. The molecule has 4 nitrogen and oxygen atoms in total. The maximum atomic E-state index is 13.1. The number of nitrogens with zero attached hydrogens (tertiary/aromatic N) is 1. The molecule has 0 unspecified atom stereocenters. The minimum atomic E-state index is -0.430. The SMILES string of the molecule is COc1ccc(F)cc1CNCC1(C#N)COC1. The second-order valence-corrected chi connectivity index (χ2v) is 4.44. The van der Waals surface area contributed by atoms with Crippen molar-refractivity contribution in [3.63, 3.8) is 0 Å². The first kappa shape index (κ1) is 12.8. The first-order valence-corrected chi connectivity index (χ1v) is 5.71. The Morgan fingerprint density at radius 2 is 2.33 bits per heavy atom. The van der Waals surface area contributed by atoms with Crippen LogP contribution in [0.2, 0.25) is 0 Å². The number of methoxy groups -OCH3 is 1. The van der Waals surface area contributed by atoms with Crippen LogP contribution in [0.25, 0.3) is 0 Å². The summed E-state index contributed by atoms with van der Waals surface area (Å²) in [4.78, 5) is 0. The molecule has 0 bridgehead atoms. The average Bonchev–Trinajstić information content (AvgIpc) is 2.33. The van der Waals surface area contributed by atoms with Crippen LogP contribution in [0.3, 0.4) is 0 Å². The van der Waals surface area contributed by atoms with E-state index < -0.39 is 5.41 Å². The molecule has 1 N–H and O–H groups in total. The van der Waals surface area contributed by atoms with Crippen LogP contribution in [0, 0.1) is 22.6 Å². The van der Waals surface area contributed by atoms with Crippen molar-refractivity contribution < 1.29 is 13.9 Å². The summed E-state index contributed by atoms with van der Waals surface area (Å²) in [5.74, 6) is 0.342. The van der Waals surface area contributed by atoms with Gasteiger partial charge in [-0.05, 0) is 18.2 Å². The number of hydrogen-bond donors (Lipinski definition) is 1. The van der Waals surface area contributed by atoms with Crippen molar-refractivity contribution in [3.8, 4) is 11.8 Å². The number of rotatable bonds is 5. The second-order valence-electron chi connectivity index (χ2n) is 4.44. The fourth-order valence-electron chi connectivity index (χ4n) is 1.88. The highest BCUT2D eigenvalue weighted by Crippen LogP contribution is 2.26. The fourth-order valence-corrected chi connectivity index (χ4v) is 1.88. The molecule has 1 aromatic rings. The Bertz CT molecular complexity index is 467. The van der Waals surface area contributed by atoms with Crippen LogP contribution >= 0.6 is 0 Å². The topological polar surface area (TPSA) is 54.3 Å². The van der Waals surface area contributed by atoms with Gasteiger partial charge >= 0.3 is 0 Å². The van der Waals surface area contributed by atoms with Crippen molar-refractivity contribution in [3.05, 3.63) is 29.6 Å². The Morgan fingerprint density at radius 3 is 2.89 bits per heavy atom. The zero-order valence-electron chi connectivity index (χ0n) is 10.2. The predicted octanol–water partition coefficient (Wildman–Crippen LogP) is 1.46. The van der Waals surface area contributed by atoms with Crippen LogP contribution in [0.15, 0.2) is 18.2 Å². The molecular weight excluding hydrogens is 235 g/mol. The number of benzene rings is 1. The van der Waals surface area contributed by atoms with E-state index in [0.717, 1.165) is 5.56 Å². The van der Waals surface area contributed by atoms with Gasteiger partial charge < -0.3 is 14.8 Å². The molecule has 0 aromatic heterocycles. The summed E-state index contributed by atoms with van der Waals surface area (Å²) in [6.07, 6.45) is 0. The van der Waals surface area contributed by atoms with Gasteiger partial charge in [0.2, 0.25) is 0 Å². The van der Waals surface area contributed by atoms with Crippen molar-refractivity contribution in [2.75, 3.05) is 26.9 Å². The summed E-state index contributed by atoms with van der Waals surface area (Å²) in [5.41, 5.74) is 0.312. The van der Waals surface area contributed by atoms with Crippen molar-refractivity contribution in [1.82, 2.24) is 5.32 Å². The third-order valence-corrected chi connectivity index (χ3v) is 3.02. The smallest absolute Gasteiger partial charge is 0.123 e. The first-order valence-electron chi connectivity index (χ1n) is 5.71. The fraction of sp³-hybridized carbons (Fsp3) is 0.462. The van der Waals surface area contributed by atoms with E-state index in [-0.39, 0.29) is 5.82 Å². The van der Waals surface area contributed by atoms with Crippen molar-refractivity contribution >= 4 is 0 Å². The number of halogens is 1. The van der Waals surface area contributed by atoms with E-state index in [1.165, 1.54) is 12.1 Å². The zero-order valence-corrected chi connectivity index (χ0v) is 10.2. The molecule has 0 spiro atoms. The molecule has 0 aliphatic carbocycles. The summed E-state index contributed by atoms with van der Waals surface area (Å²) in [7, 11) is 1.55. The monoisotopic (exact) mass is 250 g/mol. The summed E-state index contributed by atoms with van der Waals surface area (Å²) >= 11 is 0. The van der Waals surface area contributed by atoms with E-state index in [4.69, 9.17) is 14.7 Å². The maximum absolute atomic E-state index is 13.1. The summed E-state index contributed by atoms with van der Waals surface area (Å²) < 4.78 is 23.3. The Balaban J connectivity index is 1.94. The van der Waals surface area contributed by atoms with Gasteiger partial charge in [-0.25, -0.2) is 4.39 Å². The van der Waals surface area contributed by atoms with E-state index in [0.29, 0.717) is 32.1 Å². The molecule has 18 heavy (non-hydrogen) atoms. The molecule has 1 saturated heterocycles. The van der Waals surface area contributed by atoms with Crippen LogP contribution in [-0.2, 0) is 11.3 Å². The summed E-state index contributed by atoms with van der Waals surface area (Å²) in [6.45, 7) is 1.90. The van der Waals surface area contributed by atoms with Crippen LogP contribution in [0.5, 0.6) is 5.75 Å². The molecule has 1 aliphatic heterocycles. The Morgan fingerprint density at radius 1 is 1.56 bits per heavy atom. The standard InChI is InChI=1S/C13H15FN2O2/c1-17-12-3-2-11(14)4-10(12)5-16-7-13(6-15)8-18-9-13/h2-4,16H,5,7-9H2,1H3. The Kier molecular flexibility index (Phi) is 3.80. The molecule has 1 fully saturated rings. The van der Waals surface area contributed by atoms with Gasteiger partial charge in [-0.1, -0.05) is 0 Å².